The summed E-state index contributed by atoms with van der Waals surface area (Å²) >= 11 is 12.6. The molecule has 4 heterocycles. The minimum atomic E-state index is -0.127. The van der Waals surface area contributed by atoms with E-state index >= 15 is 0 Å². The van der Waals surface area contributed by atoms with Crippen molar-refractivity contribution in [1.82, 2.24) is 25.3 Å². The highest BCUT2D eigenvalue weighted by molar-refractivity contribution is 6.43. The van der Waals surface area contributed by atoms with Crippen molar-refractivity contribution in [2.24, 2.45) is 17.6 Å². The Bertz CT molecular complexity index is 1340. The SMILES string of the molecule is Cc1cc(C2(CN)C3CCN(c4cnc5c(-c6cccc(Cl)c6Cl)n[nH]c5n4)CC32)on1. The lowest BCUT2D eigenvalue weighted by atomic mass is 9.98. The molecular weight excluding hydrogens is 449 g/mol. The average Bonchev–Trinajstić information content (AvgIpc) is 3.06. The molecule has 1 aliphatic carbocycles. The number of halogens is 2. The van der Waals surface area contributed by atoms with E-state index < -0.39 is 0 Å². The van der Waals surface area contributed by atoms with Crippen LogP contribution in [-0.4, -0.2) is 45.0 Å². The predicted octanol–water partition coefficient (Wildman–Crippen LogP) is 3.98. The van der Waals surface area contributed by atoms with Gasteiger partial charge in [-0.3, -0.25) is 5.10 Å². The summed E-state index contributed by atoms with van der Waals surface area (Å²) in [6.45, 7) is 4.23. The summed E-state index contributed by atoms with van der Waals surface area (Å²) in [5.41, 5.74) is 9.63. The summed E-state index contributed by atoms with van der Waals surface area (Å²) in [5.74, 6) is 2.65. The number of aryl methyl sites for hydroxylation is 1. The number of fused-ring (bicyclic) bond motifs is 2. The number of rotatable bonds is 4. The second-order valence-electron chi connectivity index (χ2n) is 8.62. The minimum Gasteiger partial charge on any atom is -0.360 e. The lowest BCUT2D eigenvalue weighted by Gasteiger charge is -2.26. The Labute approximate surface area is 194 Å². The van der Waals surface area contributed by atoms with E-state index in [4.69, 9.17) is 38.4 Å². The standard InChI is InChI=1S/C22H21Cl2N7O/c1-11-7-16(32-30-11)22(10-25)13-5-6-31(9-14(13)22)17-8-26-20-19(28-29-21(20)27-17)12-3-2-4-15(23)18(12)24/h2-4,7-8,13-14H,5-6,9-10,25H2,1H3,(H,27,28,29). The molecule has 32 heavy (non-hydrogen) atoms. The van der Waals surface area contributed by atoms with Crippen molar-refractivity contribution in [2.45, 2.75) is 18.8 Å². The highest BCUT2D eigenvalue weighted by Gasteiger charge is 2.68. The van der Waals surface area contributed by atoms with Crippen molar-refractivity contribution >= 4 is 40.2 Å². The van der Waals surface area contributed by atoms with Crippen molar-refractivity contribution < 1.29 is 4.52 Å². The quantitative estimate of drug-likeness (QED) is 0.464. The van der Waals surface area contributed by atoms with E-state index in [-0.39, 0.29) is 5.41 Å². The molecular formula is C22H21Cl2N7O. The third-order valence-electron chi connectivity index (χ3n) is 7.04. The maximum Gasteiger partial charge on any atom is 0.177 e. The fourth-order valence-electron chi connectivity index (χ4n) is 5.36. The molecule has 0 bridgehead atoms. The molecule has 1 aliphatic heterocycles. The minimum absolute atomic E-state index is 0.127. The second-order valence-corrected chi connectivity index (χ2v) is 9.41. The van der Waals surface area contributed by atoms with Crippen LogP contribution in [0.3, 0.4) is 0 Å². The van der Waals surface area contributed by atoms with E-state index in [1.807, 2.05) is 25.1 Å². The maximum atomic E-state index is 6.39. The highest BCUT2D eigenvalue weighted by atomic mass is 35.5. The molecule has 164 valence electrons. The molecule has 0 spiro atoms. The summed E-state index contributed by atoms with van der Waals surface area (Å²) < 4.78 is 5.63. The molecule has 3 N–H and O–H groups in total. The van der Waals surface area contributed by atoms with Gasteiger partial charge in [0.1, 0.15) is 22.8 Å². The maximum absolute atomic E-state index is 6.39. The third-order valence-corrected chi connectivity index (χ3v) is 7.86. The molecule has 1 aromatic carbocycles. The van der Waals surface area contributed by atoms with Crippen LogP contribution in [0.2, 0.25) is 10.0 Å². The molecule has 2 aliphatic rings. The lowest BCUT2D eigenvalue weighted by Crippen LogP contribution is -2.32. The van der Waals surface area contributed by atoms with Crippen LogP contribution in [0.15, 0.2) is 35.0 Å². The van der Waals surface area contributed by atoms with Gasteiger partial charge >= 0.3 is 0 Å². The van der Waals surface area contributed by atoms with Crippen LogP contribution in [0.25, 0.3) is 22.4 Å². The smallest absolute Gasteiger partial charge is 0.177 e. The Kier molecular flexibility index (Phi) is 4.47. The first-order valence-electron chi connectivity index (χ1n) is 10.6. The Morgan fingerprint density at radius 1 is 1.31 bits per heavy atom. The number of nitrogens with zero attached hydrogens (tertiary/aromatic N) is 5. The number of nitrogens with two attached hydrogens (primary N) is 1. The van der Waals surface area contributed by atoms with Gasteiger partial charge in [0.2, 0.25) is 0 Å². The van der Waals surface area contributed by atoms with Crippen molar-refractivity contribution in [3.63, 3.8) is 0 Å². The second kappa shape index (κ2) is 7.16. The fraction of sp³-hybridized carbons (Fsp3) is 0.364. The monoisotopic (exact) mass is 469 g/mol. The van der Waals surface area contributed by atoms with Crippen LogP contribution in [0, 0.1) is 18.8 Å². The number of aromatic nitrogens is 5. The highest BCUT2D eigenvalue weighted by Crippen LogP contribution is 2.63. The third kappa shape index (κ3) is 2.79. The van der Waals surface area contributed by atoms with Gasteiger partial charge < -0.3 is 15.2 Å². The van der Waals surface area contributed by atoms with Crippen molar-refractivity contribution in [1.29, 1.82) is 0 Å². The van der Waals surface area contributed by atoms with E-state index in [9.17, 15) is 0 Å². The first kappa shape index (κ1) is 20.0. The number of piperidine rings is 1. The largest absolute Gasteiger partial charge is 0.360 e. The van der Waals surface area contributed by atoms with Crippen LogP contribution in [0.4, 0.5) is 5.82 Å². The summed E-state index contributed by atoms with van der Waals surface area (Å²) in [6, 6.07) is 7.48. The van der Waals surface area contributed by atoms with Gasteiger partial charge in [-0.15, -0.1) is 0 Å². The first-order valence-corrected chi connectivity index (χ1v) is 11.3. The van der Waals surface area contributed by atoms with Crippen molar-refractivity contribution in [2.75, 3.05) is 24.5 Å². The van der Waals surface area contributed by atoms with Gasteiger partial charge in [-0.2, -0.15) is 5.10 Å². The predicted molar refractivity (Wildman–Crippen MR) is 123 cm³/mol. The number of nitrogens with one attached hydrogen (secondary N) is 1. The Hall–Kier alpha value is -2.68. The Morgan fingerprint density at radius 3 is 2.97 bits per heavy atom. The number of hydrogen-bond donors (Lipinski definition) is 2. The van der Waals surface area contributed by atoms with Gasteiger partial charge in [0.05, 0.1) is 27.4 Å². The van der Waals surface area contributed by atoms with Gasteiger partial charge in [0.25, 0.3) is 0 Å². The molecule has 10 heteroatoms. The van der Waals surface area contributed by atoms with Crippen LogP contribution >= 0.6 is 23.2 Å². The van der Waals surface area contributed by atoms with Crippen molar-refractivity contribution in [3.05, 3.63) is 52.0 Å². The van der Waals surface area contributed by atoms with Gasteiger partial charge in [-0.25, -0.2) is 9.97 Å². The molecule has 0 radical (unpaired) electrons. The summed E-state index contributed by atoms with van der Waals surface area (Å²) in [7, 11) is 0. The fourth-order valence-corrected chi connectivity index (χ4v) is 5.75. The number of aromatic amines is 1. The van der Waals surface area contributed by atoms with E-state index in [1.165, 1.54) is 0 Å². The van der Waals surface area contributed by atoms with E-state index in [0.717, 1.165) is 42.3 Å². The molecule has 3 unspecified atom stereocenters. The van der Waals surface area contributed by atoms with E-state index in [1.54, 1.807) is 12.3 Å². The molecule has 3 aromatic heterocycles. The van der Waals surface area contributed by atoms with Crippen LogP contribution < -0.4 is 10.6 Å². The molecule has 1 saturated carbocycles. The summed E-state index contributed by atoms with van der Waals surface area (Å²) in [4.78, 5) is 11.7. The Balaban J connectivity index is 1.29. The molecule has 3 atom stereocenters. The molecule has 0 amide bonds. The molecule has 1 saturated heterocycles. The van der Waals surface area contributed by atoms with Gasteiger partial charge in [0.15, 0.2) is 5.65 Å². The summed E-state index contributed by atoms with van der Waals surface area (Å²) in [5, 5.41) is 12.4. The van der Waals surface area contributed by atoms with Gasteiger partial charge in [-0.05, 0) is 31.2 Å². The van der Waals surface area contributed by atoms with Gasteiger partial charge in [0, 0.05) is 31.3 Å². The zero-order chi connectivity index (χ0) is 22.0. The number of anilines is 1. The number of H-pyrrole nitrogens is 1. The van der Waals surface area contributed by atoms with E-state index in [0.29, 0.717) is 45.3 Å². The molecule has 2 fully saturated rings. The molecule has 6 rings (SSSR count). The van der Waals surface area contributed by atoms with Crippen LogP contribution in [0.5, 0.6) is 0 Å². The molecule has 8 nitrogen and oxygen atoms in total. The lowest BCUT2D eigenvalue weighted by molar-refractivity contribution is 0.337. The number of hydrogen-bond acceptors (Lipinski definition) is 7. The normalized spacial score (nSPS) is 24.7. The van der Waals surface area contributed by atoms with Gasteiger partial charge in [-0.1, -0.05) is 40.5 Å². The first-order chi connectivity index (χ1) is 15.5. The van der Waals surface area contributed by atoms with E-state index in [2.05, 4.69) is 25.2 Å². The Morgan fingerprint density at radius 2 is 2.19 bits per heavy atom. The number of benzene rings is 1. The summed E-state index contributed by atoms with van der Waals surface area (Å²) in [6.07, 6.45) is 2.82. The zero-order valence-electron chi connectivity index (χ0n) is 17.3. The van der Waals surface area contributed by atoms with Crippen molar-refractivity contribution in [3.8, 4) is 11.3 Å². The molecule has 4 aromatic rings. The zero-order valence-corrected chi connectivity index (χ0v) is 18.9. The van der Waals surface area contributed by atoms with Crippen LogP contribution in [-0.2, 0) is 5.41 Å². The average molecular weight is 470 g/mol. The topological polar surface area (TPSA) is 110 Å². The van der Waals surface area contributed by atoms with Crippen LogP contribution in [0.1, 0.15) is 17.9 Å².